The molecule has 0 amide bonds. The summed E-state index contributed by atoms with van der Waals surface area (Å²) in [5.74, 6) is 0. The lowest BCUT2D eigenvalue weighted by molar-refractivity contribution is 0.0396. The SMILES string of the molecule is COCCCOCCOCCCN. The lowest BCUT2D eigenvalue weighted by Crippen LogP contribution is -2.09. The molecule has 0 saturated carbocycles. The summed E-state index contributed by atoms with van der Waals surface area (Å²) in [7, 11) is 1.69. The van der Waals surface area contributed by atoms with Crippen molar-refractivity contribution >= 4 is 0 Å². The van der Waals surface area contributed by atoms with Crippen molar-refractivity contribution in [2.45, 2.75) is 12.8 Å². The van der Waals surface area contributed by atoms with E-state index in [0.717, 1.165) is 32.7 Å². The second-order valence-electron chi connectivity index (χ2n) is 2.71. The molecule has 0 rings (SSSR count). The van der Waals surface area contributed by atoms with E-state index in [9.17, 15) is 0 Å². The fourth-order valence-corrected chi connectivity index (χ4v) is 0.813. The van der Waals surface area contributed by atoms with E-state index in [0.29, 0.717) is 19.8 Å². The Morgan fingerprint density at radius 3 is 2.00 bits per heavy atom. The Morgan fingerprint density at radius 2 is 1.46 bits per heavy atom. The number of hydrogen-bond acceptors (Lipinski definition) is 4. The van der Waals surface area contributed by atoms with Crippen LogP contribution in [0.4, 0.5) is 0 Å². The molecule has 80 valence electrons. The summed E-state index contributed by atoms with van der Waals surface area (Å²) in [4.78, 5) is 0. The molecule has 0 heterocycles. The zero-order valence-electron chi connectivity index (χ0n) is 8.46. The highest BCUT2D eigenvalue weighted by molar-refractivity contribution is 4.37. The average molecular weight is 191 g/mol. The molecular formula is C9H21NO3. The molecule has 0 radical (unpaired) electrons. The molecule has 4 heteroatoms. The quantitative estimate of drug-likeness (QED) is 0.508. The van der Waals surface area contributed by atoms with Gasteiger partial charge < -0.3 is 19.9 Å². The second kappa shape index (κ2) is 11.8. The summed E-state index contributed by atoms with van der Waals surface area (Å²) in [6.45, 7) is 4.25. The predicted octanol–water partition coefficient (Wildman–Crippen LogP) is 0.405. The number of nitrogens with two attached hydrogens (primary N) is 1. The molecule has 0 aliphatic carbocycles. The Kier molecular flexibility index (Phi) is 11.7. The minimum absolute atomic E-state index is 0.660. The minimum Gasteiger partial charge on any atom is -0.385 e. The van der Waals surface area contributed by atoms with Crippen LogP contribution in [0.3, 0.4) is 0 Å². The number of methoxy groups -OCH3 is 1. The van der Waals surface area contributed by atoms with Crippen LogP contribution in [0.15, 0.2) is 0 Å². The van der Waals surface area contributed by atoms with Crippen molar-refractivity contribution in [3.8, 4) is 0 Å². The van der Waals surface area contributed by atoms with Gasteiger partial charge in [-0.3, -0.25) is 0 Å². The highest BCUT2D eigenvalue weighted by atomic mass is 16.5. The van der Waals surface area contributed by atoms with Crippen molar-refractivity contribution in [3.63, 3.8) is 0 Å². The highest BCUT2D eigenvalue weighted by Crippen LogP contribution is 1.85. The van der Waals surface area contributed by atoms with Crippen LogP contribution in [-0.4, -0.2) is 46.7 Å². The molecule has 0 aromatic rings. The van der Waals surface area contributed by atoms with Crippen LogP contribution in [0.2, 0.25) is 0 Å². The Hall–Kier alpha value is -0.160. The van der Waals surface area contributed by atoms with E-state index in [4.69, 9.17) is 19.9 Å². The maximum Gasteiger partial charge on any atom is 0.0700 e. The van der Waals surface area contributed by atoms with Crippen molar-refractivity contribution < 1.29 is 14.2 Å². The standard InChI is InChI=1S/C9H21NO3/c1-11-5-3-7-13-9-8-12-6-2-4-10/h2-10H2,1H3. The lowest BCUT2D eigenvalue weighted by atomic mass is 10.5. The van der Waals surface area contributed by atoms with E-state index in [1.165, 1.54) is 0 Å². The summed E-state index contributed by atoms with van der Waals surface area (Å²) in [5.41, 5.74) is 5.30. The average Bonchev–Trinajstić information content (AvgIpc) is 2.16. The first-order chi connectivity index (χ1) is 6.41. The Balaban J connectivity index is 2.76. The maximum absolute atomic E-state index is 5.30. The molecule has 0 saturated heterocycles. The van der Waals surface area contributed by atoms with Crippen molar-refractivity contribution in [2.24, 2.45) is 5.73 Å². The molecule has 0 aromatic carbocycles. The number of hydrogen-bond donors (Lipinski definition) is 1. The van der Waals surface area contributed by atoms with Crippen molar-refractivity contribution in [2.75, 3.05) is 46.7 Å². The van der Waals surface area contributed by atoms with Gasteiger partial charge in [0.05, 0.1) is 13.2 Å². The van der Waals surface area contributed by atoms with Crippen LogP contribution >= 0.6 is 0 Å². The van der Waals surface area contributed by atoms with Gasteiger partial charge in [0.25, 0.3) is 0 Å². The molecule has 0 spiro atoms. The van der Waals surface area contributed by atoms with Crippen LogP contribution < -0.4 is 5.73 Å². The smallest absolute Gasteiger partial charge is 0.0700 e. The number of ether oxygens (including phenoxy) is 3. The van der Waals surface area contributed by atoms with Gasteiger partial charge in [-0.15, -0.1) is 0 Å². The van der Waals surface area contributed by atoms with Crippen LogP contribution in [0.5, 0.6) is 0 Å². The van der Waals surface area contributed by atoms with E-state index in [-0.39, 0.29) is 0 Å². The third kappa shape index (κ3) is 11.8. The van der Waals surface area contributed by atoms with E-state index >= 15 is 0 Å². The molecule has 0 aromatic heterocycles. The van der Waals surface area contributed by atoms with E-state index in [1.807, 2.05) is 0 Å². The normalized spacial score (nSPS) is 10.6. The number of rotatable bonds is 10. The molecule has 2 N–H and O–H groups in total. The molecule has 0 fully saturated rings. The van der Waals surface area contributed by atoms with Crippen molar-refractivity contribution in [1.82, 2.24) is 0 Å². The third-order valence-corrected chi connectivity index (χ3v) is 1.50. The molecule has 4 nitrogen and oxygen atoms in total. The molecule has 0 aliphatic heterocycles. The van der Waals surface area contributed by atoms with Crippen LogP contribution in [0.1, 0.15) is 12.8 Å². The predicted molar refractivity (Wildman–Crippen MR) is 51.8 cm³/mol. The topological polar surface area (TPSA) is 53.7 Å². The van der Waals surface area contributed by atoms with E-state index < -0.39 is 0 Å². The molecule has 0 atom stereocenters. The molecule has 13 heavy (non-hydrogen) atoms. The van der Waals surface area contributed by atoms with Crippen LogP contribution in [0, 0.1) is 0 Å². The fourth-order valence-electron chi connectivity index (χ4n) is 0.813. The highest BCUT2D eigenvalue weighted by Gasteiger charge is 1.89. The Bertz CT molecular complexity index is 80.9. The molecule has 0 aliphatic rings. The minimum atomic E-state index is 0.660. The van der Waals surface area contributed by atoms with Crippen molar-refractivity contribution in [1.29, 1.82) is 0 Å². The summed E-state index contributed by atoms with van der Waals surface area (Å²) in [5, 5.41) is 0. The third-order valence-electron chi connectivity index (χ3n) is 1.50. The van der Waals surface area contributed by atoms with Gasteiger partial charge in [0, 0.05) is 26.9 Å². The van der Waals surface area contributed by atoms with Gasteiger partial charge in [-0.1, -0.05) is 0 Å². The maximum atomic E-state index is 5.30. The van der Waals surface area contributed by atoms with Gasteiger partial charge in [-0.05, 0) is 19.4 Å². The van der Waals surface area contributed by atoms with E-state index in [1.54, 1.807) is 7.11 Å². The fraction of sp³-hybridized carbons (Fsp3) is 1.00. The van der Waals surface area contributed by atoms with Gasteiger partial charge >= 0.3 is 0 Å². The Labute approximate surface area is 80.3 Å². The van der Waals surface area contributed by atoms with Crippen LogP contribution in [0.25, 0.3) is 0 Å². The lowest BCUT2D eigenvalue weighted by Gasteiger charge is -2.04. The summed E-state index contributed by atoms with van der Waals surface area (Å²) >= 11 is 0. The van der Waals surface area contributed by atoms with Gasteiger partial charge in [0.15, 0.2) is 0 Å². The molecule has 0 bridgehead atoms. The summed E-state index contributed by atoms with van der Waals surface area (Å²) in [6, 6.07) is 0. The zero-order chi connectivity index (χ0) is 9.78. The molecule has 0 unspecified atom stereocenters. The van der Waals surface area contributed by atoms with Gasteiger partial charge in [0.1, 0.15) is 0 Å². The van der Waals surface area contributed by atoms with Gasteiger partial charge in [-0.25, -0.2) is 0 Å². The first kappa shape index (κ1) is 12.8. The molecular weight excluding hydrogens is 170 g/mol. The first-order valence-electron chi connectivity index (χ1n) is 4.76. The van der Waals surface area contributed by atoms with E-state index in [2.05, 4.69) is 0 Å². The summed E-state index contributed by atoms with van der Waals surface area (Å²) in [6.07, 6.45) is 1.86. The largest absolute Gasteiger partial charge is 0.385 e. The van der Waals surface area contributed by atoms with Gasteiger partial charge in [0.2, 0.25) is 0 Å². The monoisotopic (exact) mass is 191 g/mol. The first-order valence-corrected chi connectivity index (χ1v) is 4.76. The van der Waals surface area contributed by atoms with Gasteiger partial charge in [-0.2, -0.15) is 0 Å². The zero-order valence-corrected chi connectivity index (χ0v) is 8.46. The Morgan fingerprint density at radius 1 is 0.846 bits per heavy atom. The second-order valence-corrected chi connectivity index (χ2v) is 2.71. The van der Waals surface area contributed by atoms with Crippen molar-refractivity contribution in [3.05, 3.63) is 0 Å². The van der Waals surface area contributed by atoms with Crippen LogP contribution in [-0.2, 0) is 14.2 Å². The summed E-state index contributed by atoms with van der Waals surface area (Å²) < 4.78 is 15.4.